The van der Waals surface area contributed by atoms with Crippen LogP contribution in [0.4, 0.5) is 0 Å². The van der Waals surface area contributed by atoms with Gasteiger partial charge in [0.05, 0.1) is 20.1 Å². The summed E-state index contributed by atoms with van der Waals surface area (Å²) in [6.45, 7) is 3.07. The van der Waals surface area contributed by atoms with Crippen LogP contribution in [0.25, 0.3) is 0 Å². The van der Waals surface area contributed by atoms with Crippen LogP contribution in [0, 0.1) is 0 Å². The van der Waals surface area contributed by atoms with Crippen molar-refractivity contribution in [2.75, 3.05) is 20.8 Å². The number of para-hydroxylation sites is 2. The fraction of sp³-hybridized carbons (Fsp3) is 0.240. The average Bonchev–Trinajstić information content (AvgIpc) is 2.80. The first-order chi connectivity index (χ1) is 14.7. The molecule has 0 N–H and O–H groups in total. The Labute approximate surface area is 176 Å². The van der Waals surface area contributed by atoms with Crippen LogP contribution in [0.15, 0.2) is 66.7 Å². The van der Waals surface area contributed by atoms with E-state index in [9.17, 15) is 4.79 Å². The number of ether oxygens (including phenoxy) is 3. The van der Waals surface area contributed by atoms with Crippen LogP contribution in [0.3, 0.4) is 0 Å². The zero-order chi connectivity index (χ0) is 21.1. The molecule has 1 aliphatic heterocycles. The molecule has 0 spiro atoms. The van der Waals surface area contributed by atoms with Gasteiger partial charge in [-0.05, 0) is 36.8 Å². The Balaban J connectivity index is 1.68. The topological polar surface area (TPSA) is 48.0 Å². The Morgan fingerprint density at radius 2 is 1.50 bits per heavy atom. The lowest BCUT2D eigenvalue weighted by molar-refractivity contribution is -0.132. The van der Waals surface area contributed by atoms with E-state index in [4.69, 9.17) is 14.2 Å². The standard InChI is InChI=1S/C25H25NO4/c1-4-26(16-17-13-14-22(28-2)23(15-17)29-3)25(27)24-18-9-5-7-11-20(18)30-21-12-8-6-10-19(21)24/h5-15,24H,4,16H2,1-3H3. The maximum absolute atomic E-state index is 13.8. The zero-order valence-electron chi connectivity index (χ0n) is 17.4. The van der Waals surface area contributed by atoms with Crippen LogP contribution >= 0.6 is 0 Å². The number of carbonyl (C=O) groups excluding carboxylic acids is 1. The Kier molecular flexibility index (Phi) is 5.61. The number of benzene rings is 3. The molecule has 0 atom stereocenters. The Morgan fingerprint density at radius 1 is 0.900 bits per heavy atom. The number of hydrogen-bond donors (Lipinski definition) is 0. The van der Waals surface area contributed by atoms with E-state index >= 15 is 0 Å². The van der Waals surface area contributed by atoms with Crippen LogP contribution in [0.5, 0.6) is 23.0 Å². The van der Waals surface area contributed by atoms with E-state index in [-0.39, 0.29) is 5.91 Å². The summed E-state index contributed by atoms with van der Waals surface area (Å²) in [7, 11) is 3.22. The molecule has 0 bridgehead atoms. The lowest BCUT2D eigenvalue weighted by atomic mass is 9.86. The number of carbonyl (C=O) groups is 1. The van der Waals surface area contributed by atoms with Crippen molar-refractivity contribution < 1.29 is 19.0 Å². The minimum absolute atomic E-state index is 0.0514. The summed E-state index contributed by atoms with van der Waals surface area (Å²) in [4.78, 5) is 15.6. The van der Waals surface area contributed by atoms with Gasteiger partial charge in [0.15, 0.2) is 11.5 Å². The molecule has 30 heavy (non-hydrogen) atoms. The SMILES string of the molecule is CCN(Cc1ccc(OC)c(OC)c1)C(=O)C1c2ccccc2Oc2ccccc21. The van der Waals surface area contributed by atoms with Crippen LogP contribution in [-0.4, -0.2) is 31.6 Å². The molecule has 0 aliphatic carbocycles. The second kappa shape index (κ2) is 8.49. The quantitative estimate of drug-likeness (QED) is 0.582. The summed E-state index contributed by atoms with van der Waals surface area (Å²) in [5.74, 6) is 2.44. The highest BCUT2D eigenvalue weighted by Gasteiger charge is 2.34. The van der Waals surface area contributed by atoms with Gasteiger partial charge in [0, 0.05) is 24.2 Å². The normalized spacial score (nSPS) is 12.4. The first kappa shape index (κ1) is 19.8. The molecule has 4 rings (SSSR count). The number of methoxy groups -OCH3 is 2. The van der Waals surface area contributed by atoms with E-state index < -0.39 is 5.92 Å². The molecule has 0 aromatic heterocycles. The number of nitrogens with zero attached hydrogens (tertiary/aromatic N) is 1. The third-order valence-corrected chi connectivity index (χ3v) is 5.44. The lowest BCUT2D eigenvalue weighted by Crippen LogP contribution is -2.36. The van der Waals surface area contributed by atoms with Crippen molar-refractivity contribution in [2.24, 2.45) is 0 Å². The molecule has 5 nitrogen and oxygen atoms in total. The molecule has 3 aromatic rings. The molecule has 1 heterocycles. The second-order valence-electron chi connectivity index (χ2n) is 7.15. The van der Waals surface area contributed by atoms with Gasteiger partial charge < -0.3 is 19.1 Å². The van der Waals surface area contributed by atoms with Crippen LogP contribution in [-0.2, 0) is 11.3 Å². The highest BCUT2D eigenvalue weighted by Crippen LogP contribution is 2.44. The van der Waals surface area contributed by atoms with Gasteiger partial charge in [-0.3, -0.25) is 4.79 Å². The smallest absolute Gasteiger partial charge is 0.235 e. The summed E-state index contributed by atoms with van der Waals surface area (Å²) in [5, 5.41) is 0. The average molecular weight is 403 g/mol. The largest absolute Gasteiger partial charge is 0.493 e. The lowest BCUT2D eigenvalue weighted by Gasteiger charge is -2.31. The molecule has 3 aromatic carbocycles. The number of amides is 1. The fourth-order valence-corrected chi connectivity index (χ4v) is 3.90. The monoisotopic (exact) mass is 403 g/mol. The maximum Gasteiger partial charge on any atom is 0.235 e. The molecule has 0 saturated carbocycles. The maximum atomic E-state index is 13.8. The number of rotatable bonds is 6. The van der Waals surface area contributed by atoms with Crippen molar-refractivity contribution in [2.45, 2.75) is 19.4 Å². The predicted molar refractivity (Wildman–Crippen MR) is 115 cm³/mol. The third-order valence-electron chi connectivity index (χ3n) is 5.44. The molecule has 5 heteroatoms. The van der Waals surface area contributed by atoms with Crippen molar-refractivity contribution in [3.63, 3.8) is 0 Å². The van der Waals surface area contributed by atoms with E-state index in [0.29, 0.717) is 24.6 Å². The summed E-state index contributed by atoms with van der Waals surface area (Å²) >= 11 is 0. The Bertz CT molecular complexity index is 1020. The number of likely N-dealkylation sites (N-methyl/N-ethyl adjacent to an activating group) is 1. The van der Waals surface area contributed by atoms with E-state index in [0.717, 1.165) is 28.2 Å². The molecule has 0 radical (unpaired) electrons. The number of fused-ring (bicyclic) bond motifs is 2. The fourth-order valence-electron chi connectivity index (χ4n) is 3.90. The molecular weight excluding hydrogens is 378 g/mol. The highest BCUT2D eigenvalue weighted by atomic mass is 16.5. The van der Waals surface area contributed by atoms with Gasteiger partial charge in [-0.1, -0.05) is 42.5 Å². The highest BCUT2D eigenvalue weighted by molar-refractivity contribution is 5.89. The first-order valence-electron chi connectivity index (χ1n) is 10.0. The van der Waals surface area contributed by atoms with E-state index in [1.165, 1.54) is 0 Å². The van der Waals surface area contributed by atoms with Gasteiger partial charge >= 0.3 is 0 Å². The van der Waals surface area contributed by atoms with Gasteiger partial charge in [-0.25, -0.2) is 0 Å². The summed E-state index contributed by atoms with van der Waals surface area (Å²) < 4.78 is 16.8. The van der Waals surface area contributed by atoms with Gasteiger partial charge in [0.2, 0.25) is 5.91 Å². The molecule has 1 aliphatic rings. The molecular formula is C25H25NO4. The van der Waals surface area contributed by atoms with Crippen molar-refractivity contribution in [1.29, 1.82) is 0 Å². The molecule has 1 amide bonds. The Hall–Kier alpha value is -3.47. The molecule has 0 unspecified atom stereocenters. The van der Waals surface area contributed by atoms with Crippen molar-refractivity contribution in [3.05, 3.63) is 83.4 Å². The Morgan fingerprint density at radius 3 is 2.07 bits per heavy atom. The summed E-state index contributed by atoms with van der Waals surface area (Å²) in [6.07, 6.45) is 0. The van der Waals surface area contributed by atoms with E-state index in [2.05, 4.69) is 0 Å². The van der Waals surface area contributed by atoms with Crippen LogP contribution < -0.4 is 14.2 Å². The molecule has 154 valence electrons. The molecule has 0 fully saturated rings. The molecule has 0 saturated heterocycles. The van der Waals surface area contributed by atoms with Gasteiger partial charge in [0.25, 0.3) is 0 Å². The summed E-state index contributed by atoms with van der Waals surface area (Å²) in [6, 6.07) is 21.3. The second-order valence-corrected chi connectivity index (χ2v) is 7.15. The van der Waals surface area contributed by atoms with Crippen molar-refractivity contribution >= 4 is 5.91 Å². The minimum atomic E-state index is -0.397. The van der Waals surface area contributed by atoms with Crippen molar-refractivity contribution in [1.82, 2.24) is 4.90 Å². The minimum Gasteiger partial charge on any atom is -0.493 e. The van der Waals surface area contributed by atoms with Crippen molar-refractivity contribution in [3.8, 4) is 23.0 Å². The van der Waals surface area contributed by atoms with Gasteiger partial charge in [-0.2, -0.15) is 0 Å². The number of hydrogen-bond acceptors (Lipinski definition) is 4. The van der Waals surface area contributed by atoms with Gasteiger partial charge in [0.1, 0.15) is 11.5 Å². The van der Waals surface area contributed by atoms with E-state index in [1.54, 1.807) is 14.2 Å². The third kappa shape index (κ3) is 3.59. The first-order valence-corrected chi connectivity index (χ1v) is 10.0. The summed E-state index contributed by atoms with van der Waals surface area (Å²) in [5.41, 5.74) is 2.77. The van der Waals surface area contributed by atoms with E-state index in [1.807, 2.05) is 78.6 Å². The van der Waals surface area contributed by atoms with Gasteiger partial charge in [-0.15, -0.1) is 0 Å². The van der Waals surface area contributed by atoms with Crippen LogP contribution in [0.1, 0.15) is 29.5 Å². The van der Waals surface area contributed by atoms with Crippen LogP contribution in [0.2, 0.25) is 0 Å². The zero-order valence-corrected chi connectivity index (χ0v) is 17.4. The predicted octanol–water partition coefficient (Wildman–Crippen LogP) is 4.99.